The lowest BCUT2D eigenvalue weighted by molar-refractivity contribution is 0.415. The van der Waals surface area contributed by atoms with E-state index in [1.807, 2.05) is 18.2 Å². The first kappa shape index (κ1) is 12.7. The van der Waals surface area contributed by atoms with Crippen LogP contribution in [0.5, 0.6) is 5.75 Å². The molecule has 17 heavy (non-hydrogen) atoms. The zero-order chi connectivity index (χ0) is 12.3. The van der Waals surface area contributed by atoms with Crippen LogP contribution in [0.1, 0.15) is 4.88 Å². The normalized spacial score (nSPS) is 10.3. The second-order valence-corrected chi connectivity index (χ2v) is 5.75. The van der Waals surface area contributed by atoms with Crippen molar-refractivity contribution in [3.63, 3.8) is 0 Å². The number of halogens is 2. The van der Waals surface area contributed by atoms with Gasteiger partial charge in [-0.2, -0.15) is 0 Å². The fourth-order valence-electron chi connectivity index (χ4n) is 1.40. The number of hydrogen-bond donors (Lipinski definition) is 1. The number of methoxy groups -OCH3 is 1. The van der Waals surface area contributed by atoms with Gasteiger partial charge in [0.15, 0.2) is 0 Å². The Morgan fingerprint density at radius 2 is 2.24 bits per heavy atom. The second kappa shape index (κ2) is 5.76. The summed E-state index contributed by atoms with van der Waals surface area (Å²) in [5.74, 6) is 0.796. The van der Waals surface area contributed by atoms with Crippen molar-refractivity contribution in [3.8, 4) is 5.75 Å². The number of rotatable bonds is 4. The standard InChI is InChI=1S/C12H11BrClNOS/c1-16-9-2-3-11(14)12(5-9)15-6-10-4-8(13)7-17-10/h2-5,7,15H,6H2,1H3. The van der Waals surface area contributed by atoms with Crippen molar-refractivity contribution < 1.29 is 4.74 Å². The van der Waals surface area contributed by atoms with E-state index in [-0.39, 0.29) is 0 Å². The van der Waals surface area contributed by atoms with Crippen LogP contribution in [0, 0.1) is 0 Å². The summed E-state index contributed by atoms with van der Waals surface area (Å²) in [4.78, 5) is 1.25. The SMILES string of the molecule is COc1ccc(Cl)c(NCc2cc(Br)cs2)c1. The van der Waals surface area contributed by atoms with E-state index >= 15 is 0 Å². The summed E-state index contributed by atoms with van der Waals surface area (Å²) >= 11 is 11.2. The summed E-state index contributed by atoms with van der Waals surface area (Å²) in [6.45, 7) is 0.753. The van der Waals surface area contributed by atoms with Crippen LogP contribution in [-0.2, 0) is 6.54 Å². The van der Waals surface area contributed by atoms with Crippen molar-refractivity contribution in [3.05, 3.63) is 44.0 Å². The molecule has 0 aliphatic carbocycles. The van der Waals surface area contributed by atoms with Crippen LogP contribution in [0.3, 0.4) is 0 Å². The number of nitrogens with one attached hydrogen (secondary N) is 1. The van der Waals surface area contributed by atoms with E-state index in [9.17, 15) is 0 Å². The van der Waals surface area contributed by atoms with Crippen LogP contribution in [0.25, 0.3) is 0 Å². The van der Waals surface area contributed by atoms with Gasteiger partial charge in [-0.15, -0.1) is 11.3 Å². The largest absolute Gasteiger partial charge is 0.497 e. The molecule has 0 bridgehead atoms. The van der Waals surface area contributed by atoms with Gasteiger partial charge in [0, 0.05) is 27.3 Å². The Labute approximate surface area is 118 Å². The van der Waals surface area contributed by atoms with E-state index in [1.54, 1.807) is 18.4 Å². The highest BCUT2D eigenvalue weighted by atomic mass is 79.9. The van der Waals surface area contributed by atoms with Crippen molar-refractivity contribution in [2.45, 2.75) is 6.54 Å². The predicted octanol–water partition coefficient (Wildman–Crippen LogP) is 4.78. The van der Waals surface area contributed by atoms with Gasteiger partial charge in [0.1, 0.15) is 5.75 Å². The molecule has 0 saturated heterocycles. The van der Waals surface area contributed by atoms with Gasteiger partial charge in [-0.1, -0.05) is 11.6 Å². The van der Waals surface area contributed by atoms with Crippen molar-refractivity contribution >= 4 is 44.6 Å². The predicted molar refractivity (Wildman–Crippen MR) is 77.3 cm³/mol. The van der Waals surface area contributed by atoms with E-state index in [0.29, 0.717) is 5.02 Å². The molecule has 5 heteroatoms. The number of thiophene rings is 1. The molecule has 1 aromatic carbocycles. The Bertz CT molecular complexity index is 515. The molecule has 2 aromatic rings. The highest BCUT2D eigenvalue weighted by Gasteiger charge is 2.03. The molecule has 1 heterocycles. The van der Waals surface area contributed by atoms with Crippen molar-refractivity contribution in [1.29, 1.82) is 0 Å². The number of benzene rings is 1. The topological polar surface area (TPSA) is 21.3 Å². The Morgan fingerprint density at radius 1 is 1.41 bits per heavy atom. The number of anilines is 1. The summed E-state index contributed by atoms with van der Waals surface area (Å²) in [5, 5.41) is 6.05. The van der Waals surface area contributed by atoms with Crippen molar-refractivity contribution in [1.82, 2.24) is 0 Å². The smallest absolute Gasteiger partial charge is 0.121 e. The van der Waals surface area contributed by atoms with Gasteiger partial charge in [0.25, 0.3) is 0 Å². The zero-order valence-electron chi connectivity index (χ0n) is 9.17. The van der Waals surface area contributed by atoms with Crippen LogP contribution in [0.2, 0.25) is 5.02 Å². The quantitative estimate of drug-likeness (QED) is 0.869. The summed E-state index contributed by atoms with van der Waals surface area (Å²) in [6.07, 6.45) is 0. The number of ether oxygens (including phenoxy) is 1. The minimum absolute atomic E-state index is 0.696. The Balaban J connectivity index is 2.07. The molecule has 2 rings (SSSR count). The maximum Gasteiger partial charge on any atom is 0.121 e. The molecule has 0 spiro atoms. The molecule has 0 fully saturated rings. The molecule has 0 radical (unpaired) electrons. The molecule has 0 aliphatic rings. The molecular formula is C12H11BrClNOS. The Hall–Kier alpha value is -0.710. The minimum atomic E-state index is 0.696. The first-order valence-electron chi connectivity index (χ1n) is 4.99. The highest BCUT2D eigenvalue weighted by molar-refractivity contribution is 9.10. The van der Waals surface area contributed by atoms with Crippen LogP contribution >= 0.6 is 38.9 Å². The molecule has 1 N–H and O–H groups in total. The van der Waals surface area contributed by atoms with Crippen LogP contribution < -0.4 is 10.1 Å². The molecule has 1 aromatic heterocycles. The molecule has 0 atom stereocenters. The van der Waals surface area contributed by atoms with E-state index in [4.69, 9.17) is 16.3 Å². The Morgan fingerprint density at radius 3 is 2.88 bits per heavy atom. The van der Waals surface area contributed by atoms with Gasteiger partial charge in [-0.05, 0) is 34.1 Å². The minimum Gasteiger partial charge on any atom is -0.497 e. The monoisotopic (exact) mass is 331 g/mol. The van der Waals surface area contributed by atoms with E-state index in [1.165, 1.54) is 4.88 Å². The van der Waals surface area contributed by atoms with Gasteiger partial charge in [0.2, 0.25) is 0 Å². The average molecular weight is 333 g/mol. The first-order valence-corrected chi connectivity index (χ1v) is 7.04. The van der Waals surface area contributed by atoms with E-state index < -0.39 is 0 Å². The summed E-state index contributed by atoms with van der Waals surface area (Å²) < 4.78 is 6.27. The maximum absolute atomic E-state index is 6.10. The van der Waals surface area contributed by atoms with Gasteiger partial charge in [-0.3, -0.25) is 0 Å². The zero-order valence-corrected chi connectivity index (χ0v) is 12.3. The van der Waals surface area contributed by atoms with Crippen LogP contribution in [0.4, 0.5) is 5.69 Å². The molecule has 0 amide bonds. The van der Waals surface area contributed by atoms with Gasteiger partial charge < -0.3 is 10.1 Å². The van der Waals surface area contributed by atoms with Gasteiger partial charge in [0.05, 0.1) is 17.8 Å². The highest BCUT2D eigenvalue weighted by Crippen LogP contribution is 2.28. The molecule has 0 saturated carbocycles. The maximum atomic E-state index is 6.10. The van der Waals surface area contributed by atoms with E-state index in [0.717, 1.165) is 22.5 Å². The summed E-state index contributed by atoms with van der Waals surface area (Å²) in [5.41, 5.74) is 0.885. The van der Waals surface area contributed by atoms with Crippen molar-refractivity contribution in [2.24, 2.45) is 0 Å². The molecule has 0 aliphatic heterocycles. The van der Waals surface area contributed by atoms with Crippen LogP contribution in [0.15, 0.2) is 34.1 Å². The van der Waals surface area contributed by atoms with E-state index in [2.05, 4.69) is 32.7 Å². The third kappa shape index (κ3) is 3.37. The third-order valence-electron chi connectivity index (χ3n) is 2.25. The molecule has 90 valence electrons. The molecule has 0 unspecified atom stereocenters. The summed E-state index contributed by atoms with van der Waals surface area (Å²) in [6, 6.07) is 7.65. The van der Waals surface area contributed by atoms with Gasteiger partial charge in [-0.25, -0.2) is 0 Å². The third-order valence-corrected chi connectivity index (χ3v) is 4.28. The lowest BCUT2D eigenvalue weighted by Crippen LogP contribution is -1.98. The average Bonchev–Trinajstić information content (AvgIpc) is 2.74. The van der Waals surface area contributed by atoms with Crippen LogP contribution in [-0.4, -0.2) is 7.11 Å². The molecular weight excluding hydrogens is 322 g/mol. The lowest BCUT2D eigenvalue weighted by Gasteiger charge is -2.09. The fraction of sp³-hybridized carbons (Fsp3) is 0.167. The fourth-order valence-corrected chi connectivity index (χ4v) is 2.97. The summed E-state index contributed by atoms with van der Waals surface area (Å²) in [7, 11) is 1.64. The molecule has 2 nitrogen and oxygen atoms in total. The second-order valence-electron chi connectivity index (χ2n) is 3.43. The number of hydrogen-bond acceptors (Lipinski definition) is 3. The lowest BCUT2D eigenvalue weighted by atomic mass is 10.3. The van der Waals surface area contributed by atoms with Crippen molar-refractivity contribution in [2.75, 3.05) is 12.4 Å². The Kier molecular flexibility index (Phi) is 4.31. The first-order chi connectivity index (χ1) is 8.19. The van der Waals surface area contributed by atoms with Gasteiger partial charge >= 0.3 is 0 Å².